The molecular weight excluding hydrogens is 392 g/mol. The first-order chi connectivity index (χ1) is 11.9. The average Bonchev–Trinajstić information content (AvgIpc) is 2.81. The van der Waals surface area contributed by atoms with Gasteiger partial charge in [-0.05, 0) is 30.7 Å². The lowest BCUT2D eigenvalue weighted by Gasteiger charge is -2.13. The van der Waals surface area contributed by atoms with E-state index in [9.17, 15) is 19.2 Å². The van der Waals surface area contributed by atoms with Gasteiger partial charge in [-0.2, -0.15) is 0 Å². The van der Waals surface area contributed by atoms with Gasteiger partial charge in [0.15, 0.2) is 0 Å². The van der Waals surface area contributed by atoms with Crippen molar-refractivity contribution in [1.82, 2.24) is 15.1 Å². The van der Waals surface area contributed by atoms with Crippen LogP contribution in [-0.2, 0) is 14.4 Å². The van der Waals surface area contributed by atoms with Gasteiger partial charge >= 0.3 is 6.03 Å². The van der Waals surface area contributed by atoms with Gasteiger partial charge in [0.05, 0.1) is 6.54 Å². The van der Waals surface area contributed by atoms with Crippen molar-refractivity contribution in [3.05, 3.63) is 28.7 Å². The molecule has 0 atom stereocenters. The Bertz CT molecular complexity index is 677. The predicted octanol–water partition coefficient (Wildman–Crippen LogP) is 1.18. The van der Waals surface area contributed by atoms with Gasteiger partial charge in [0.2, 0.25) is 17.7 Å². The standard InChI is InChI=1S/C16H19BrN4O4/c1-20-10-15(24)21(16(20)25)8-2-3-13(22)18-9-14(23)19-12-6-4-11(17)5-7-12/h4-7H,2-3,8-10H2,1H3,(H,18,22)(H,19,23). The third-order valence-corrected chi connectivity index (χ3v) is 4.12. The van der Waals surface area contributed by atoms with Crippen LogP contribution in [0.1, 0.15) is 12.8 Å². The second kappa shape index (κ2) is 8.61. The fraction of sp³-hybridized carbons (Fsp3) is 0.375. The lowest BCUT2D eigenvalue weighted by Crippen LogP contribution is -2.35. The van der Waals surface area contributed by atoms with E-state index in [2.05, 4.69) is 26.6 Å². The summed E-state index contributed by atoms with van der Waals surface area (Å²) in [5.74, 6) is -0.901. The number of benzene rings is 1. The van der Waals surface area contributed by atoms with Gasteiger partial charge in [-0.3, -0.25) is 19.3 Å². The molecule has 25 heavy (non-hydrogen) atoms. The lowest BCUT2D eigenvalue weighted by molar-refractivity contribution is -0.126. The Morgan fingerprint density at radius 1 is 1.16 bits per heavy atom. The highest BCUT2D eigenvalue weighted by Gasteiger charge is 2.32. The Labute approximate surface area is 153 Å². The van der Waals surface area contributed by atoms with Crippen molar-refractivity contribution in [3.63, 3.8) is 0 Å². The second-order valence-electron chi connectivity index (χ2n) is 5.62. The largest absolute Gasteiger partial charge is 0.347 e. The van der Waals surface area contributed by atoms with Crippen LogP contribution >= 0.6 is 15.9 Å². The summed E-state index contributed by atoms with van der Waals surface area (Å²) >= 11 is 3.30. The Morgan fingerprint density at radius 2 is 1.84 bits per heavy atom. The number of anilines is 1. The zero-order valence-electron chi connectivity index (χ0n) is 13.8. The van der Waals surface area contributed by atoms with Gasteiger partial charge in [-0.25, -0.2) is 4.79 Å². The average molecular weight is 411 g/mol. The highest BCUT2D eigenvalue weighted by molar-refractivity contribution is 9.10. The highest BCUT2D eigenvalue weighted by atomic mass is 79.9. The molecule has 2 N–H and O–H groups in total. The summed E-state index contributed by atoms with van der Waals surface area (Å²) < 4.78 is 0.903. The van der Waals surface area contributed by atoms with Crippen molar-refractivity contribution >= 4 is 45.4 Å². The summed E-state index contributed by atoms with van der Waals surface area (Å²) in [6.07, 6.45) is 0.484. The molecular formula is C16H19BrN4O4. The number of nitrogens with one attached hydrogen (secondary N) is 2. The Kier molecular flexibility index (Phi) is 6.51. The van der Waals surface area contributed by atoms with Crippen molar-refractivity contribution in [1.29, 1.82) is 0 Å². The normalized spacial score (nSPS) is 14.0. The molecule has 1 aromatic rings. The minimum absolute atomic E-state index is 0.0707. The second-order valence-corrected chi connectivity index (χ2v) is 6.54. The molecule has 1 aliphatic rings. The minimum Gasteiger partial charge on any atom is -0.347 e. The monoisotopic (exact) mass is 410 g/mol. The Balaban J connectivity index is 1.65. The zero-order valence-corrected chi connectivity index (χ0v) is 15.3. The van der Waals surface area contributed by atoms with Crippen LogP contribution in [-0.4, -0.2) is 60.2 Å². The molecule has 1 aliphatic heterocycles. The summed E-state index contributed by atoms with van der Waals surface area (Å²) in [6.45, 7) is 0.126. The van der Waals surface area contributed by atoms with E-state index in [1.54, 1.807) is 31.3 Å². The van der Waals surface area contributed by atoms with Crippen molar-refractivity contribution < 1.29 is 19.2 Å². The molecule has 0 aromatic heterocycles. The molecule has 2 rings (SSSR count). The number of nitrogens with zero attached hydrogens (tertiary/aromatic N) is 2. The van der Waals surface area contributed by atoms with E-state index in [1.165, 1.54) is 4.90 Å². The third kappa shape index (κ3) is 5.56. The molecule has 8 nitrogen and oxygen atoms in total. The topological polar surface area (TPSA) is 98.8 Å². The van der Waals surface area contributed by atoms with Gasteiger partial charge < -0.3 is 15.5 Å². The van der Waals surface area contributed by atoms with Crippen molar-refractivity contribution in [3.8, 4) is 0 Å². The molecule has 0 radical (unpaired) electrons. The molecule has 1 aromatic carbocycles. The SMILES string of the molecule is CN1CC(=O)N(CCCC(=O)NCC(=O)Nc2ccc(Br)cc2)C1=O. The third-order valence-electron chi connectivity index (χ3n) is 3.59. The number of carbonyl (C=O) groups excluding carboxylic acids is 4. The van der Waals surface area contributed by atoms with E-state index in [4.69, 9.17) is 0 Å². The summed E-state index contributed by atoms with van der Waals surface area (Å²) in [5.41, 5.74) is 0.637. The molecule has 5 amide bonds. The van der Waals surface area contributed by atoms with Gasteiger partial charge in [-0.15, -0.1) is 0 Å². The van der Waals surface area contributed by atoms with E-state index in [-0.39, 0.29) is 49.8 Å². The number of rotatable bonds is 7. The molecule has 1 heterocycles. The van der Waals surface area contributed by atoms with Gasteiger partial charge in [0.25, 0.3) is 0 Å². The maximum absolute atomic E-state index is 11.8. The van der Waals surface area contributed by atoms with Crippen LogP contribution in [0.3, 0.4) is 0 Å². The van der Waals surface area contributed by atoms with Crippen molar-refractivity contribution in [2.75, 3.05) is 32.0 Å². The molecule has 0 saturated carbocycles. The van der Waals surface area contributed by atoms with E-state index < -0.39 is 0 Å². The first-order valence-corrected chi connectivity index (χ1v) is 8.53. The maximum Gasteiger partial charge on any atom is 0.326 e. The summed E-state index contributed by atoms with van der Waals surface area (Å²) in [6, 6.07) is 6.73. The number of amides is 5. The molecule has 0 bridgehead atoms. The Morgan fingerprint density at radius 3 is 2.44 bits per heavy atom. The van der Waals surface area contributed by atoms with Gasteiger partial charge in [-0.1, -0.05) is 15.9 Å². The molecule has 1 fully saturated rings. The number of halogens is 1. The molecule has 0 unspecified atom stereocenters. The first kappa shape index (κ1) is 18.9. The number of likely N-dealkylation sites (N-methyl/N-ethyl adjacent to an activating group) is 1. The Hall–Kier alpha value is -2.42. The molecule has 134 valence electrons. The van der Waals surface area contributed by atoms with Crippen LogP contribution in [0.2, 0.25) is 0 Å². The van der Waals surface area contributed by atoms with E-state index in [0.29, 0.717) is 12.1 Å². The summed E-state index contributed by atoms with van der Waals surface area (Å²) in [7, 11) is 1.55. The van der Waals surface area contributed by atoms with E-state index in [0.717, 1.165) is 9.37 Å². The maximum atomic E-state index is 11.8. The smallest absolute Gasteiger partial charge is 0.326 e. The summed E-state index contributed by atoms with van der Waals surface area (Å²) in [5, 5.41) is 5.18. The van der Waals surface area contributed by atoms with Crippen LogP contribution < -0.4 is 10.6 Å². The quantitative estimate of drug-likeness (QED) is 0.659. The van der Waals surface area contributed by atoms with Crippen LogP contribution in [0, 0.1) is 0 Å². The minimum atomic E-state index is -0.348. The van der Waals surface area contributed by atoms with E-state index in [1.807, 2.05) is 0 Å². The van der Waals surface area contributed by atoms with Gasteiger partial charge in [0.1, 0.15) is 6.54 Å². The predicted molar refractivity (Wildman–Crippen MR) is 94.8 cm³/mol. The van der Waals surface area contributed by atoms with Crippen LogP contribution in [0.25, 0.3) is 0 Å². The molecule has 0 aliphatic carbocycles. The number of carbonyl (C=O) groups is 4. The fourth-order valence-electron chi connectivity index (χ4n) is 2.29. The zero-order chi connectivity index (χ0) is 18.4. The number of urea groups is 1. The van der Waals surface area contributed by atoms with Crippen molar-refractivity contribution in [2.24, 2.45) is 0 Å². The fourth-order valence-corrected chi connectivity index (χ4v) is 2.56. The van der Waals surface area contributed by atoms with Crippen LogP contribution in [0.15, 0.2) is 28.7 Å². The lowest BCUT2D eigenvalue weighted by atomic mass is 10.2. The number of imide groups is 1. The first-order valence-electron chi connectivity index (χ1n) is 7.74. The molecule has 1 saturated heterocycles. The van der Waals surface area contributed by atoms with Crippen LogP contribution in [0.4, 0.5) is 10.5 Å². The van der Waals surface area contributed by atoms with Crippen LogP contribution in [0.5, 0.6) is 0 Å². The summed E-state index contributed by atoms with van der Waals surface area (Å²) in [4.78, 5) is 49.2. The molecule has 0 spiro atoms. The van der Waals surface area contributed by atoms with Crippen molar-refractivity contribution in [2.45, 2.75) is 12.8 Å². The van der Waals surface area contributed by atoms with E-state index >= 15 is 0 Å². The highest BCUT2D eigenvalue weighted by Crippen LogP contribution is 2.13. The number of hydrogen-bond acceptors (Lipinski definition) is 4. The molecule has 9 heteroatoms. The number of hydrogen-bond donors (Lipinski definition) is 2. The van der Waals surface area contributed by atoms with Gasteiger partial charge in [0, 0.05) is 30.2 Å².